The summed E-state index contributed by atoms with van der Waals surface area (Å²) in [7, 11) is 0. The Kier molecular flexibility index (Phi) is 4.19. The van der Waals surface area contributed by atoms with E-state index in [-0.39, 0.29) is 18.6 Å². The molecule has 2 saturated heterocycles. The molecule has 2 fully saturated rings. The van der Waals surface area contributed by atoms with Crippen molar-refractivity contribution in [2.45, 2.75) is 50.8 Å². The predicted octanol–water partition coefficient (Wildman–Crippen LogP) is -0.180. The lowest BCUT2D eigenvalue weighted by Crippen LogP contribution is -2.51. The standard InChI is InChI=1S/C12H21N3O3/c1-2-13-12(18)14-11(17)7-15-8-3-4-9(15)6-10(16)5-8/h8-10,16H,2-7H2,1H3,(H2,13,14,17,18). The van der Waals surface area contributed by atoms with Crippen LogP contribution < -0.4 is 10.6 Å². The quantitative estimate of drug-likeness (QED) is 0.653. The molecule has 18 heavy (non-hydrogen) atoms. The van der Waals surface area contributed by atoms with Gasteiger partial charge in [0.1, 0.15) is 0 Å². The zero-order valence-corrected chi connectivity index (χ0v) is 10.7. The minimum Gasteiger partial charge on any atom is -0.393 e. The molecule has 0 aromatic carbocycles. The fourth-order valence-electron chi connectivity index (χ4n) is 3.04. The Balaban J connectivity index is 1.83. The number of amides is 3. The molecule has 6 heteroatoms. The number of nitrogens with one attached hydrogen (secondary N) is 2. The van der Waals surface area contributed by atoms with E-state index in [0.717, 1.165) is 25.7 Å². The summed E-state index contributed by atoms with van der Waals surface area (Å²) >= 11 is 0. The smallest absolute Gasteiger partial charge is 0.321 e. The molecule has 102 valence electrons. The van der Waals surface area contributed by atoms with E-state index in [1.54, 1.807) is 6.92 Å². The van der Waals surface area contributed by atoms with Crippen molar-refractivity contribution in [3.63, 3.8) is 0 Å². The highest BCUT2D eigenvalue weighted by Gasteiger charge is 2.40. The molecular weight excluding hydrogens is 234 g/mol. The highest BCUT2D eigenvalue weighted by atomic mass is 16.3. The lowest BCUT2D eigenvalue weighted by atomic mass is 10.00. The Bertz CT molecular complexity index is 321. The number of piperidine rings is 1. The van der Waals surface area contributed by atoms with Gasteiger partial charge in [-0.1, -0.05) is 0 Å². The number of nitrogens with zero attached hydrogens (tertiary/aromatic N) is 1. The summed E-state index contributed by atoms with van der Waals surface area (Å²) in [6.45, 7) is 2.55. The highest BCUT2D eigenvalue weighted by molar-refractivity contribution is 5.95. The first-order valence-corrected chi connectivity index (χ1v) is 6.61. The van der Waals surface area contributed by atoms with Gasteiger partial charge in [-0.25, -0.2) is 4.79 Å². The fraction of sp³-hybridized carbons (Fsp3) is 0.833. The molecule has 0 aliphatic carbocycles. The molecule has 0 radical (unpaired) electrons. The third-order valence-electron chi connectivity index (χ3n) is 3.78. The Morgan fingerprint density at radius 3 is 2.44 bits per heavy atom. The first kappa shape index (κ1) is 13.3. The van der Waals surface area contributed by atoms with Gasteiger partial charge in [-0.05, 0) is 32.6 Å². The van der Waals surface area contributed by atoms with Crippen LogP contribution in [0.15, 0.2) is 0 Å². The Labute approximate surface area is 107 Å². The number of rotatable bonds is 3. The minimum atomic E-state index is -0.438. The Morgan fingerprint density at radius 1 is 1.28 bits per heavy atom. The van der Waals surface area contributed by atoms with Crippen LogP contribution in [-0.2, 0) is 4.79 Å². The second-order valence-electron chi connectivity index (χ2n) is 5.09. The van der Waals surface area contributed by atoms with Crippen molar-refractivity contribution in [2.75, 3.05) is 13.1 Å². The van der Waals surface area contributed by atoms with Gasteiger partial charge in [-0.3, -0.25) is 15.0 Å². The molecule has 2 unspecified atom stereocenters. The summed E-state index contributed by atoms with van der Waals surface area (Å²) in [5.41, 5.74) is 0. The van der Waals surface area contributed by atoms with Crippen molar-refractivity contribution in [3.05, 3.63) is 0 Å². The third-order valence-corrected chi connectivity index (χ3v) is 3.78. The van der Waals surface area contributed by atoms with E-state index in [9.17, 15) is 14.7 Å². The van der Waals surface area contributed by atoms with Gasteiger partial charge in [0.05, 0.1) is 12.6 Å². The van der Waals surface area contributed by atoms with Crippen molar-refractivity contribution in [1.29, 1.82) is 0 Å². The minimum absolute atomic E-state index is 0.231. The SMILES string of the molecule is CCNC(=O)NC(=O)CN1C2CCC1CC(O)C2. The van der Waals surface area contributed by atoms with Gasteiger partial charge in [0.25, 0.3) is 0 Å². The summed E-state index contributed by atoms with van der Waals surface area (Å²) in [5.74, 6) is -0.269. The molecule has 2 aliphatic rings. The summed E-state index contributed by atoms with van der Waals surface area (Å²) in [6.07, 6.45) is 3.33. The van der Waals surface area contributed by atoms with E-state index in [0.29, 0.717) is 18.6 Å². The van der Waals surface area contributed by atoms with E-state index in [4.69, 9.17) is 0 Å². The number of aliphatic hydroxyl groups is 1. The number of hydrogen-bond acceptors (Lipinski definition) is 4. The van der Waals surface area contributed by atoms with Crippen molar-refractivity contribution in [2.24, 2.45) is 0 Å². The van der Waals surface area contributed by atoms with Crippen LogP contribution in [0.5, 0.6) is 0 Å². The van der Waals surface area contributed by atoms with Crippen LogP contribution in [0.2, 0.25) is 0 Å². The second kappa shape index (κ2) is 5.67. The normalized spacial score (nSPS) is 31.1. The summed E-state index contributed by atoms with van der Waals surface area (Å²) in [5, 5.41) is 14.5. The number of imide groups is 1. The maximum atomic E-state index is 11.7. The number of fused-ring (bicyclic) bond motifs is 2. The highest BCUT2D eigenvalue weighted by Crippen LogP contribution is 2.35. The van der Waals surface area contributed by atoms with Gasteiger partial charge in [0.15, 0.2) is 0 Å². The van der Waals surface area contributed by atoms with E-state index in [1.807, 2.05) is 0 Å². The van der Waals surface area contributed by atoms with Crippen molar-refractivity contribution >= 4 is 11.9 Å². The van der Waals surface area contributed by atoms with Crippen LogP contribution in [0.25, 0.3) is 0 Å². The third kappa shape index (κ3) is 3.00. The Morgan fingerprint density at radius 2 is 1.89 bits per heavy atom. The monoisotopic (exact) mass is 255 g/mol. The van der Waals surface area contributed by atoms with Crippen LogP contribution >= 0.6 is 0 Å². The molecule has 2 aliphatic heterocycles. The van der Waals surface area contributed by atoms with Crippen LogP contribution in [0.1, 0.15) is 32.6 Å². The summed E-state index contributed by atoms with van der Waals surface area (Å²) < 4.78 is 0. The maximum Gasteiger partial charge on any atom is 0.321 e. The zero-order valence-electron chi connectivity index (χ0n) is 10.7. The van der Waals surface area contributed by atoms with Crippen LogP contribution in [0.4, 0.5) is 4.79 Å². The van der Waals surface area contributed by atoms with Crippen LogP contribution in [0.3, 0.4) is 0 Å². The van der Waals surface area contributed by atoms with Gasteiger partial charge in [-0.2, -0.15) is 0 Å². The van der Waals surface area contributed by atoms with Gasteiger partial charge in [-0.15, -0.1) is 0 Å². The van der Waals surface area contributed by atoms with Gasteiger partial charge < -0.3 is 10.4 Å². The van der Waals surface area contributed by atoms with Crippen molar-refractivity contribution in [3.8, 4) is 0 Å². The van der Waals surface area contributed by atoms with Crippen LogP contribution in [-0.4, -0.2) is 53.2 Å². The number of hydrogen-bond donors (Lipinski definition) is 3. The van der Waals surface area contributed by atoms with Gasteiger partial charge in [0.2, 0.25) is 5.91 Å². The Hall–Kier alpha value is -1.14. The first-order chi connectivity index (χ1) is 8.60. The second-order valence-corrected chi connectivity index (χ2v) is 5.09. The largest absolute Gasteiger partial charge is 0.393 e. The predicted molar refractivity (Wildman–Crippen MR) is 66.0 cm³/mol. The average molecular weight is 255 g/mol. The molecule has 2 rings (SSSR count). The fourth-order valence-corrected chi connectivity index (χ4v) is 3.04. The first-order valence-electron chi connectivity index (χ1n) is 6.61. The molecule has 0 aromatic rings. The molecule has 2 heterocycles. The number of aliphatic hydroxyl groups excluding tert-OH is 1. The molecule has 0 saturated carbocycles. The zero-order chi connectivity index (χ0) is 13.1. The van der Waals surface area contributed by atoms with E-state index in [1.165, 1.54) is 0 Å². The lowest BCUT2D eigenvalue weighted by molar-refractivity contribution is -0.122. The maximum absolute atomic E-state index is 11.7. The van der Waals surface area contributed by atoms with E-state index < -0.39 is 6.03 Å². The molecule has 2 bridgehead atoms. The average Bonchev–Trinajstić information content (AvgIpc) is 2.54. The van der Waals surface area contributed by atoms with Crippen molar-refractivity contribution < 1.29 is 14.7 Å². The number of carbonyl (C=O) groups is 2. The van der Waals surface area contributed by atoms with Gasteiger partial charge >= 0.3 is 6.03 Å². The van der Waals surface area contributed by atoms with Crippen molar-refractivity contribution in [1.82, 2.24) is 15.5 Å². The summed E-state index contributed by atoms with van der Waals surface area (Å²) in [4.78, 5) is 25.1. The molecule has 2 atom stereocenters. The molecule has 0 spiro atoms. The molecular formula is C12H21N3O3. The molecule has 6 nitrogen and oxygen atoms in total. The summed E-state index contributed by atoms with van der Waals surface area (Å²) in [6, 6.07) is 0.143. The number of carbonyl (C=O) groups excluding carboxylic acids is 2. The topological polar surface area (TPSA) is 81.7 Å². The number of urea groups is 1. The molecule has 3 N–H and O–H groups in total. The lowest BCUT2D eigenvalue weighted by Gasteiger charge is -2.36. The van der Waals surface area contributed by atoms with Crippen LogP contribution in [0, 0.1) is 0 Å². The molecule has 0 aromatic heterocycles. The van der Waals surface area contributed by atoms with Gasteiger partial charge in [0, 0.05) is 18.6 Å². The van der Waals surface area contributed by atoms with E-state index in [2.05, 4.69) is 15.5 Å². The molecule has 3 amide bonds. The van der Waals surface area contributed by atoms with E-state index >= 15 is 0 Å².